The molecule has 1 amide bonds. The van der Waals surface area contributed by atoms with Crippen LogP contribution in [0.5, 0.6) is 0 Å². The van der Waals surface area contributed by atoms with Gasteiger partial charge < -0.3 is 9.80 Å². The Morgan fingerprint density at radius 3 is 1.56 bits per heavy atom. The summed E-state index contributed by atoms with van der Waals surface area (Å²) in [4.78, 5) is 11.6. The Hall–Kier alpha value is -0.570. The molecule has 162 valence electrons. The minimum atomic E-state index is 0.221. The molecule has 3 nitrogen and oxygen atoms in total. The highest BCUT2D eigenvalue weighted by Crippen LogP contribution is 2.14. The molecule has 0 saturated carbocycles. The van der Waals surface area contributed by atoms with Crippen molar-refractivity contribution in [2.45, 2.75) is 117 Å². The molecule has 0 spiro atoms. The normalized spacial score (nSPS) is 11.7. The van der Waals surface area contributed by atoms with Gasteiger partial charge in [0.25, 0.3) is 0 Å². The molecule has 0 unspecified atom stereocenters. The summed E-state index contributed by atoms with van der Waals surface area (Å²) in [5, 5.41) is 3.09. The molecular formula is C24H51N2O+. The zero-order valence-electron chi connectivity index (χ0n) is 19.3. The van der Waals surface area contributed by atoms with Gasteiger partial charge in [0.05, 0.1) is 26.7 Å². The highest BCUT2D eigenvalue weighted by molar-refractivity contribution is 5.75. The van der Waals surface area contributed by atoms with Gasteiger partial charge in [-0.1, -0.05) is 72.1 Å². The number of carbonyl (C=O) groups is 1. The lowest BCUT2D eigenvalue weighted by Gasteiger charge is -2.35. The Morgan fingerprint density at radius 1 is 0.630 bits per heavy atom. The van der Waals surface area contributed by atoms with E-state index in [4.69, 9.17) is 0 Å². The maximum atomic E-state index is 11.6. The van der Waals surface area contributed by atoms with Crippen molar-refractivity contribution >= 4 is 5.91 Å². The fraction of sp³-hybridized carbons (Fsp3) is 0.958. The molecular weight excluding hydrogens is 332 g/mol. The third kappa shape index (κ3) is 17.3. The van der Waals surface area contributed by atoms with E-state index in [9.17, 15) is 4.79 Å². The van der Waals surface area contributed by atoms with E-state index in [1.807, 2.05) is 0 Å². The van der Waals surface area contributed by atoms with E-state index >= 15 is 0 Å². The van der Waals surface area contributed by atoms with Gasteiger partial charge in [0.2, 0.25) is 5.91 Å². The van der Waals surface area contributed by atoms with Crippen LogP contribution in [-0.4, -0.2) is 43.6 Å². The van der Waals surface area contributed by atoms with Gasteiger partial charge in [0.15, 0.2) is 0 Å². The topological polar surface area (TPSA) is 29.1 Å². The highest BCUT2D eigenvalue weighted by Gasteiger charge is 2.20. The van der Waals surface area contributed by atoms with Crippen LogP contribution in [0.2, 0.25) is 0 Å². The molecule has 0 aromatic heterocycles. The van der Waals surface area contributed by atoms with Crippen LogP contribution in [0, 0.1) is 0 Å². The van der Waals surface area contributed by atoms with Crippen molar-refractivity contribution in [3.63, 3.8) is 0 Å². The third-order valence-electron chi connectivity index (χ3n) is 5.78. The lowest BCUT2D eigenvalue weighted by Crippen LogP contribution is -2.47. The predicted octanol–water partition coefficient (Wildman–Crippen LogP) is 6.46. The summed E-state index contributed by atoms with van der Waals surface area (Å²) in [5.74, 6) is 0.221. The maximum absolute atomic E-state index is 11.6. The molecule has 0 aromatic carbocycles. The van der Waals surface area contributed by atoms with Crippen LogP contribution in [-0.2, 0) is 4.79 Å². The number of nitrogens with zero attached hydrogens (tertiary/aromatic N) is 1. The molecule has 3 heteroatoms. The molecule has 0 heterocycles. The average molecular weight is 384 g/mol. The smallest absolute Gasteiger partial charge is 0.219 e. The largest absolute Gasteiger partial charge is 0.356 e. The molecule has 0 fully saturated rings. The van der Waals surface area contributed by atoms with Crippen molar-refractivity contribution in [3.8, 4) is 0 Å². The predicted molar refractivity (Wildman–Crippen MR) is 120 cm³/mol. The molecule has 0 bridgehead atoms. The Bertz CT molecular complexity index is 314. The van der Waals surface area contributed by atoms with Gasteiger partial charge in [-0.2, -0.15) is 0 Å². The minimum absolute atomic E-state index is 0.221. The zero-order chi connectivity index (χ0) is 20.2. The Balaban J connectivity index is 4.14. The van der Waals surface area contributed by atoms with Gasteiger partial charge in [-0.05, 0) is 32.1 Å². The minimum Gasteiger partial charge on any atom is -0.356 e. The quantitative estimate of drug-likeness (QED) is 0.190. The number of nitrogens with one attached hydrogen (secondary N) is 1. The first-order valence-electron chi connectivity index (χ1n) is 12.2. The summed E-state index contributed by atoms with van der Waals surface area (Å²) in [6.45, 7) is 11.3. The molecule has 0 aromatic rings. The van der Waals surface area contributed by atoms with E-state index < -0.39 is 0 Å². The van der Waals surface area contributed by atoms with Crippen LogP contribution in [0.1, 0.15) is 117 Å². The first kappa shape index (κ1) is 26.4. The average Bonchev–Trinajstić information content (AvgIpc) is 2.65. The lowest BCUT2D eigenvalue weighted by molar-refractivity contribution is -0.910. The molecule has 1 N–H and O–H groups in total. The van der Waals surface area contributed by atoms with Gasteiger partial charge in [0.1, 0.15) is 0 Å². The van der Waals surface area contributed by atoms with Gasteiger partial charge in [-0.3, -0.25) is 4.79 Å². The number of amides is 1. The number of quaternary nitrogens is 1. The van der Waals surface area contributed by atoms with Crippen LogP contribution >= 0.6 is 0 Å². The Labute approximate surface area is 171 Å². The second-order valence-corrected chi connectivity index (χ2v) is 8.78. The van der Waals surface area contributed by atoms with Crippen molar-refractivity contribution in [3.05, 3.63) is 0 Å². The fourth-order valence-electron chi connectivity index (χ4n) is 3.89. The third-order valence-corrected chi connectivity index (χ3v) is 5.78. The Morgan fingerprint density at radius 2 is 1.07 bits per heavy atom. The van der Waals surface area contributed by atoms with Gasteiger partial charge in [-0.15, -0.1) is 0 Å². The number of rotatable bonds is 20. The van der Waals surface area contributed by atoms with Gasteiger partial charge >= 0.3 is 0 Å². The van der Waals surface area contributed by atoms with Crippen LogP contribution in [0.25, 0.3) is 0 Å². The highest BCUT2D eigenvalue weighted by atomic mass is 16.1. The van der Waals surface area contributed by atoms with Crippen LogP contribution in [0.3, 0.4) is 0 Å². The second-order valence-electron chi connectivity index (χ2n) is 8.78. The van der Waals surface area contributed by atoms with Crippen LogP contribution in [0.15, 0.2) is 0 Å². The van der Waals surface area contributed by atoms with Crippen LogP contribution in [0.4, 0.5) is 0 Å². The fourth-order valence-corrected chi connectivity index (χ4v) is 3.89. The van der Waals surface area contributed by atoms with E-state index in [1.165, 1.54) is 101 Å². The van der Waals surface area contributed by atoms with Crippen molar-refractivity contribution in [1.29, 1.82) is 0 Å². The lowest BCUT2D eigenvalue weighted by atomic mass is 10.1. The standard InChI is InChI=1S/C24H50N2O/c1-5-8-10-12-14-16-21-26(4,22-17-15-13-11-9-6-2)23-18-20-25-24(27)19-7-3/h5-23H2,1-4H3/p+1. The monoisotopic (exact) mass is 383 g/mol. The molecule has 0 radical (unpaired) electrons. The van der Waals surface area contributed by atoms with E-state index in [0.717, 1.165) is 19.4 Å². The van der Waals surface area contributed by atoms with E-state index in [1.54, 1.807) is 0 Å². The summed E-state index contributed by atoms with van der Waals surface area (Å²) >= 11 is 0. The van der Waals surface area contributed by atoms with Crippen LogP contribution < -0.4 is 5.32 Å². The molecule has 27 heavy (non-hydrogen) atoms. The van der Waals surface area contributed by atoms with Crippen molar-refractivity contribution in [1.82, 2.24) is 5.32 Å². The molecule has 0 aliphatic carbocycles. The molecule has 0 rings (SSSR count). The summed E-state index contributed by atoms with van der Waals surface area (Å²) in [6.07, 6.45) is 19.3. The number of carbonyl (C=O) groups excluding carboxylic acids is 1. The van der Waals surface area contributed by atoms with Crippen molar-refractivity contribution < 1.29 is 9.28 Å². The SMILES string of the molecule is CCCCCCCC[N+](C)(CCCCCCCC)CCCNC(=O)CCC. The Kier molecular flexibility index (Phi) is 18.4. The first-order chi connectivity index (χ1) is 13.1. The van der Waals surface area contributed by atoms with Gasteiger partial charge in [0, 0.05) is 19.4 Å². The van der Waals surface area contributed by atoms with E-state index in [-0.39, 0.29) is 5.91 Å². The number of unbranched alkanes of at least 4 members (excludes halogenated alkanes) is 10. The second kappa shape index (κ2) is 18.8. The molecule has 0 atom stereocenters. The summed E-state index contributed by atoms with van der Waals surface area (Å²) in [5.41, 5.74) is 0. The molecule has 0 aliphatic rings. The van der Waals surface area contributed by atoms with E-state index in [0.29, 0.717) is 6.42 Å². The van der Waals surface area contributed by atoms with Crippen molar-refractivity contribution in [2.24, 2.45) is 0 Å². The molecule has 0 saturated heterocycles. The van der Waals surface area contributed by atoms with Crippen molar-refractivity contribution in [2.75, 3.05) is 33.2 Å². The first-order valence-corrected chi connectivity index (χ1v) is 12.2. The van der Waals surface area contributed by atoms with E-state index in [2.05, 4.69) is 33.1 Å². The maximum Gasteiger partial charge on any atom is 0.219 e. The summed E-state index contributed by atoms with van der Waals surface area (Å²) in [6, 6.07) is 0. The summed E-state index contributed by atoms with van der Waals surface area (Å²) < 4.78 is 1.20. The number of hydrogen-bond acceptors (Lipinski definition) is 1. The zero-order valence-corrected chi connectivity index (χ0v) is 19.3. The van der Waals surface area contributed by atoms with Gasteiger partial charge in [-0.25, -0.2) is 0 Å². The summed E-state index contributed by atoms with van der Waals surface area (Å²) in [7, 11) is 2.45. The number of hydrogen-bond donors (Lipinski definition) is 1. The molecule has 0 aliphatic heterocycles.